The number of esters is 1. The van der Waals surface area contributed by atoms with Crippen LogP contribution >= 0.6 is 11.6 Å². The first-order valence-electron chi connectivity index (χ1n) is 9.56. The molecule has 1 atom stereocenters. The number of nitrogens with one attached hydrogen (secondary N) is 1. The zero-order chi connectivity index (χ0) is 22.4. The summed E-state index contributed by atoms with van der Waals surface area (Å²) in [6, 6.07) is 15.5. The van der Waals surface area contributed by atoms with Crippen LogP contribution in [-0.4, -0.2) is 27.8 Å². The number of anilines is 1. The van der Waals surface area contributed by atoms with Crippen LogP contribution in [0.3, 0.4) is 0 Å². The molecule has 2 aromatic carbocycles. The summed E-state index contributed by atoms with van der Waals surface area (Å²) in [5, 5.41) is 7.18. The number of nitrogens with zero attached hydrogens (tertiary/aromatic N) is 2. The van der Waals surface area contributed by atoms with Crippen LogP contribution < -0.4 is 5.32 Å². The molecule has 0 aliphatic carbocycles. The lowest BCUT2D eigenvalue weighted by Gasteiger charge is -2.12. The zero-order valence-corrected chi connectivity index (χ0v) is 17.8. The molecule has 0 radical (unpaired) electrons. The number of benzene rings is 2. The van der Waals surface area contributed by atoms with Crippen molar-refractivity contribution in [3.05, 3.63) is 88.5 Å². The Kier molecular flexibility index (Phi) is 7.20. The van der Waals surface area contributed by atoms with Gasteiger partial charge < -0.3 is 10.1 Å². The number of ether oxygens (including phenoxy) is 1. The predicted molar refractivity (Wildman–Crippen MR) is 117 cm³/mol. The summed E-state index contributed by atoms with van der Waals surface area (Å²) in [5.41, 5.74) is 2.28. The molecule has 0 fully saturated rings. The van der Waals surface area contributed by atoms with Crippen LogP contribution in [0.15, 0.2) is 60.7 Å². The van der Waals surface area contributed by atoms with Crippen molar-refractivity contribution in [1.82, 2.24) is 9.78 Å². The van der Waals surface area contributed by atoms with Crippen LogP contribution in [-0.2, 0) is 20.9 Å². The van der Waals surface area contributed by atoms with Crippen molar-refractivity contribution in [2.24, 2.45) is 0 Å². The van der Waals surface area contributed by atoms with Gasteiger partial charge >= 0.3 is 5.97 Å². The second kappa shape index (κ2) is 10.0. The van der Waals surface area contributed by atoms with Crippen molar-refractivity contribution >= 4 is 35.2 Å². The molecule has 0 aliphatic heterocycles. The fourth-order valence-corrected chi connectivity index (χ4v) is 3.13. The maximum Gasteiger partial charge on any atom is 0.331 e. The van der Waals surface area contributed by atoms with Gasteiger partial charge in [0.05, 0.1) is 17.9 Å². The molecule has 8 heteroatoms. The van der Waals surface area contributed by atoms with E-state index < -0.39 is 23.8 Å². The lowest BCUT2D eigenvalue weighted by atomic mass is 10.2. The van der Waals surface area contributed by atoms with Crippen LogP contribution in [0.1, 0.15) is 23.7 Å². The van der Waals surface area contributed by atoms with E-state index in [0.29, 0.717) is 23.0 Å². The Balaban J connectivity index is 1.62. The molecule has 0 aliphatic rings. The SMILES string of the molecule is Cc1nn(Cc2ccccc2)c(Cl)c1/C=C/C(=O)OC(C)C(=O)Nc1ccccc1F. The van der Waals surface area contributed by atoms with Gasteiger partial charge in [0.1, 0.15) is 11.0 Å². The number of halogens is 2. The first-order chi connectivity index (χ1) is 14.8. The topological polar surface area (TPSA) is 73.2 Å². The number of aryl methyl sites for hydroxylation is 1. The van der Waals surface area contributed by atoms with Crippen molar-refractivity contribution in [2.75, 3.05) is 5.32 Å². The Morgan fingerprint density at radius 2 is 1.87 bits per heavy atom. The lowest BCUT2D eigenvalue weighted by molar-refractivity contribution is -0.148. The van der Waals surface area contributed by atoms with Crippen LogP contribution in [0.25, 0.3) is 6.08 Å². The maximum absolute atomic E-state index is 13.6. The summed E-state index contributed by atoms with van der Waals surface area (Å²) in [4.78, 5) is 24.3. The van der Waals surface area contributed by atoms with Crippen LogP contribution in [0.5, 0.6) is 0 Å². The highest BCUT2D eigenvalue weighted by molar-refractivity contribution is 6.31. The van der Waals surface area contributed by atoms with E-state index in [1.54, 1.807) is 17.7 Å². The minimum absolute atomic E-state index is 0.0131. The van der Waals surface area contributed by atoms with Crippen molar-refractivity contribution in [2.45, 2.75) is 26.5 Å². The Morgan fingerprint density at radius 1 is 1.19 bits per heavy atom. The molecule has 6 nitrogen and oxygen atoms in total. The molecule has 1 aromatic heterocycles. The van der Waals surface area contributed by atoms with Gasteiger partial charge in [0.2, 0.25) is 0 Å². The van der Waals surface area contributed by atoms with Crippen molar-refractivity contribution < 1.29 is 18.7 Å². The van der Waals surface area contributed by atoms with E-state index in [1.807, 2.05) is 30.3 Å². The number of rotatable bonds is 7. The van der Waals surface area contributed by atoms with Gasteiger partial charge in [-0.3, -0.25) is 4.79 Å². The second-order valence-electron chi connectivity index (χ2n) is 6.81. The summed E-state index contributed by atoms with van der Waals surface area (Å²) in [6.45, 7) is 3.67. The standard InChI is InChI=1S/C23H21ClFN3O3/c1-15-18(22(24)28(27-15)14-17-8-4-3-5-9-17)12-13-21(29)31-16(2)23(30)26-20-11-7-6-10-19(20)25/h3-13,16H,14H2,1-2H3,(H,26,30)/b13-12+. The zero-order valence-electron chi connectivity index (χ0n) is 17.0. The summed E-state index contributed by atoms with van der Waals surface area (Å²) < 4.78 is 20.4. The quantitative estimate of drug-likeness (QED) is 0.429. The third kappa shape index (κ3) is 5.79. The summed E-state index contributed by atoms with van der Waals surface area (Å²) >= 11 is 6.42. The molecule has 1 heterocycles. The molecule has 1 N–H and O–H groups in total. The Hall–Kier alpha value is -3.45. The fraction of sp³-hybridized carbons (Fsp3) is 0.174. The fourth-order valence-electron chi connectivity index (χ4n) is 2.83. The third-order valence-electron chi connectivity index (χ3n) is 4.46. The minimum atomic E-state index is -1.12. The maximum atomic E-state index is 13.6. The van der Waals surface area contributed by atoms with Gasteiger partial charge in [0.15, 0.2) is 6.10 Å². The van der Waals surface area contributed by atoms with E-state index in [-0.39, 0.29) is 5.69 Å². The second-order valence-corrected chi connectivity index (χ2v) is 7.17. The molecule has 0 saturated carbocycles. The van der Waals surface area contributed by atoms with Gasteiger partial charge in [-0.15, -0.1) is 0 Å². The number of carbonyl (C=O) groups is 2. The minimum Gasteiger partial charge on any atom is -0.449 e. The van der Waals surface area contributed by atoms with Gasteiger partial charge in [-0.25, -0.2) is 13.9 Å². The van der Waals surface area contributed by atoms with Gasteiger partial charge in [-0.2, -0.15) is 5.10 Å². The molecular weight excluding hydrogens is 421 g/mol. The van der Waals surface area contributed by atoms with Gasteiger partial charge in [-0.1, -0.05) is 54.1 Å². The average Bonchev–Trinajstić information content (AvgIpc) is 3.01. The molecule has 0 saturated heterocycles. The highest BCUT2D eigenvalue weighted by Crippen LogP contribution is 2.22. The number of aromatic nitrogens is 2. The number of hydrogen-bond acceptors (Lipinski definition) is 4. The lowest BCUT2D eigenvalue weighted by Crippen LogP contribution is -2.29. The van der Waals surface area contributed by atoms with E-state index in [9.17, 15) is 14.0 Å². The smallest absolute Gasteiger partial charge is 0.331 e. The highest BCUT2D eigenvalue weighted by Gasteiger charge is 2.18. The highest BCUT2D eigenvalue weighted by atomic mass is 35.5. The molecule has 1 amide bonds. The Bertz CT molecular complexity index is 1110. The molecule has 0 bridgehead atoms. The van der Waals surface area contributed by atoms with Crippen molar-refractivity contribution in [3.63, 3.8) is 0 Å². The average molecular weight is 442 g/mol. The van der Waals surface area contributed by atoms with E-state index in [4.69, 9.17) is 16.3 Å². The first kappa shape index (κ1) is 22.2. The van der Waals surface area contributed by atoms with E-state index in [0.717, 1.165) is 5.56 Å². The Labute approximate surface area is 184 Å². The van der Waals surface area contributed by atoms with Crippen molar-refractivity contribution in [3.8, 4) is 0 Å². The normalized spacial score (nSPS) is 12.0. The molecule has 160 valence electrons. The van der Waals surface area contributed by atoms with Crippen LogP contribution in [0, 0.1) is 12.7 Å². The van der Waals surface area contributed by atoms with Crippen LogP contribution in [0.2, 0.25) is 5.15 Å². The summed E-state index contributed by atoms with van der Waals surface area (Å²) in [7, 11) is 0. The summed E-state index contributed by atoms with van der Waals surface area (Å²) in [6.07, 6.45) is 1.56. The monoisotopic (exact) mass is 441 g/mol. The molecule has 3 rings (SSSR count). The molecule has 3 aromatic rings. The number of carbonyl (C=O) groups excluding carboxylic acids is 2. The summed E-state index contributed by atoms with van der Waals surface area (Å²) in [5.74, 6) is -1.95. The van der Waals surface area contributed by atoms with Gasteiger partial charge in [0.25, 0.3) is 5.91 Å². The van der Waals surface area contributed by atoms with Crippen LogP contribution in [0.4, 0.5) is 10.1 Å². The molecule has 31 heavy (non-hydrogen) atoms. The number of hydrogen-bond donors (Lipinski definition) is 1. The first-order valence-corrected chi connectivity index (χ1v) is 9.94. The van der Waals surface area contributed by atoms with Crippen molar-refractivity contribution in [1.29, 1.82) is 0 Å². The molecule has 0 spiro atoms. The van der Waals surface area contributed by atoms with Gasteiger partial charge in [0, 0.05) is 11.6 Å². The van der Waals surface area contributed by atoms with Gasteiger partial charge in [-0.05, 0) is 37.6 Å². The molecule has 1 unspecified atom stereocenters. The third-order valence-corrected chi connectivity index (χ3v) is 4.86. The predicted octanol–water partition coefficient (Wildman–Crippen LogP) is 4.62. The number of para-hydroxylation sites is 1. The largest absolute Gasteiger partial charge is 0.449 e. The number of amides is 1. The van der Waals surface area contributed by atoms with E-state index in [2.05, 4.69) is 10.4 Å². The Morgan fingerprint density at radius 3 is 2.58 bits per heavy atom. The molecular formula is C23H21ClFN3O3. The van der Waals surface area contributed by atoms with E-state index in [1.165, 1.54) is 37.3 Å². The van der Waals surface area contributed by atoms with E-state index >= 15 is 0 Å².